The van der Waals surface area contributed by atoms with Crippen LogP contribution in [-0.2, 0) is 0 Å². The Balaban J connectivity index is 2.80. The van der Waals surface area contributed by atoms with Gasteiger partial charge in [-0.05, 0) is 13.8 Å². The summed E-state index contributed by atoms with van der Waals surface area (Å²) in [6, 6.07) is 0. The molecule has 0 fully saturated rings. The lowest BCUT2D eigenvalue weighted by atomic mass is 10.3. The average Bonchev–Trinajstić information content (AvgIpc) is 2.15. The minimum Gasteiger partial charge on any atom is -0.424 e. The quantitative estimate of drug-likeness (QED) is 0.565. The molecule has 0 spiro atoms. The van der Waals surface area contributed by atoms with Gasteiger partial charge in [-0.2, -0.15) is 0 Å². The fourth-order valence-electron chi connectivity index (χ4n) is 0.455. The first kappa shape index (κ1) is 6.01. The SMILES string of the molecule is [CH2]/C(C)=C/c1nnco1. The standard InChI is InChI=1S/C6H7N2O/c1-5(2)3-6-8-7-4-9-6/h3-4H,1H2,2H3/b5-3-. The van der Waals surface area contributed by atoms with Crippen molar-refractivity contribution in [3.8, 4) is 0 Å². The molecule has 0 unspecified atom stereocenters. The lowest BCUT2D eigenvalue weighted by Gasteiger charge is -1.81. The predicted molar refractivity (Wildman–Crippen MR) is 33.3 cm³/mol. The molecule has 1 heterocycles. The molecule has 1 radical (unpaired) electrons. The Kier molecular flexibility index (Phi) is 1.63. The van der Waals surface area contributed by atoms with Crippen LogP contribution in [0.4, 0.5) is 0 Å². The van der Waals surface area contributed by atoms with Gasteiger partial charge in [-0.15, -0.1) is 10.2 Å². The van der Waals surface area contributed by atoms with Crippen molar-refractivity contribution in [2.45, 2.75) is 6.92 Å². The van der Waals surface area contributed by atoms with Crippen LogP contribution in [0.1, 0.15) is 12.8 Å². The lowest BCUT2D eigenvalue weighted by Crippen LogP contribution is -1.71. The molecule has 0 aliphatic heterocycles. The summed E-state index contributed by atoms with van der Waals surface area (Å²) < 4.78 is 4.81. The Morgan fingerprint density at radius 3 is 3.11 bits per heavy atom. The van der Waals surface area contributed by atoms with Gasteiger partial charge in [0.25, 0.3) is 0 Å². The minimum atomic E-state index is 0.502. The monoisotopic (exact) mass is 123 g/mol. The van der Waals surface area contributed by atoms with Crippen molar-refractivity contribution in [3.63, 3.8) is 0 Å². The zero-order chi connectivity index (χ0) is 6.69. The van der Waals surface area contributed by atoms with E-state index in [1.165, 1.54) is 6.39 Å². The summed E-state index contributed by atoms with van der Waals surface area (Å²) in [4.78, 5) is 0. The molecule has 0 saturated heterocycles. The van der Waals surface area contributed by atoms with Crippen LogP contribution in [-0.4, -0.2) is 10.2 Å². The van der Waals surface area contributed by atoms with E-state index in [2.05, 4.69) is 17.1 Å². The molecule has 0 saturated carbocycles. The molecule has 1 rings (SSSR count). The third kappa shape index (κ3) is 1.68. The summed E-state index contributed by atoms with van der Waals surface area (Å²) in [6.45, 7) is 5.51. The molecule has 47 valence electrons. The Morgan fingerprint density at radius 1 is 1.89 bits per heavy atom. The van der Waals surface area contributed by atoms with Crippen LogP contribution in [0.25, 0.3) is 6.08 Å². The van der Waals surface area contributed by atoms with E-state index in [1.807, 2.05) is 6.92 Å². The summed E-state index contributed by atoms with van der Waals surface area (Å²) in [5.74, 6) is 0.502. The molecule has 0 aliphatic rings. The first-order valence-corrected chi connectivity index (χ1v) is 2.55. The van der Waals surface area contributed by atoms with Crippen molar-refractivity contribution in [3.05, 3.63) is 24.8 Å². The van der Waals surface area contributed by atoms with Crippen LogP contribution in [0.2, 0.25) is 0 Å². The van der Waals surface area contributed by atoms with Crippen LogP contribution in [0, 0.1) is 6.92 Å². The van der Waals surface area contributed by atoms with Gasteiger partial charge in [0.15, 0.2) is 0 Å². The van der Waals surface area contributed by atoms with Gasteiger partial charge in [-0.3, -0.25) is 0 Å². The van der Waals surface area contributed by atoms with Crippen molar-refractivity contribution in [2.75, 3.05) is 0 Å². The van der Waals surface area contributed by atoms with Crippen molar-refractivity contribution < 1.29 is 4.42 Å². The second-order valence-electron chi connectivity index (χ2n) is 1.77. The highest BCUT2D eigenvalue weighted by molar-refractivity contribution is 5.42. The average molecular weight is 123 g/mol. The largest absolute Gasteiger partial charge is 0.424 e. The van der Waals surface area contributed by atoms with Gasteiger partial charge in [0, 0.05) is 6.08 Å². The van der Waals surface area contributed by atoms with Gasteiger partial charge in [-0.25, -0.2) is 0 Å². The molecule has 0 aromatic carbocycles. The third-order valence-corrected chi connectivity index (χ3v) is 0.747. The third-order valence-electron chi connectivity index (χ3n) is 0.747. The summed E-state index contributed by atoms with van der Waals surface area (Å²) in [5, 5.41) is 7.11. The molecule has 0 aliphatic carbocycles. The molecule has 3 nitrogen and oxygen atoms in total. The van der Waals surface area contributed by atoms with E-state index < -0.39 is 0 Å². The summed E-state index contributed by atoms with van der Waals surface area (Å²) in [6.07, 6.45) is 3.00. The smallest absolute Gasteiger partial charge is 0.240 e. The number of hydrogen-bond acceptors (Lipinski definition) is 3. The molecule has 1 aromatic rings. The topological polar surface area (TPSA) is 38.9 Å². The molecular formula is C6H7N2O. The maximum absolute atomic E-state index is 4.81. The van der Waals surface area contributed by atoms with Crippen LogP contribution >= 0.6 is 0 Å². The highest BCUT2D eigenvalue weighted by atomic mass is 16.4. The molecule has 9 heavy (non-hydrogen) atoms. The summed E-state index contributed by atoms with van der Waals surface area (Å²) in [5.41, 5.74) is 0.902. The fourth-order valence-corrected chi connectivity index (χ4v) is 0.455. The molecule has 0 amide bonds. The molecule has 3 heteroatoms. The van der Waals surface area contributed by atoms with Gasteiger partial charge in [0.2, 0.25) is 12.3 Å². The molecule has 0 atom stereocenters. The van der Waals surface area contributed by atoms with Gasteiger partial charge in [0.1, 0.15) is 0 Å². The van der Waals surface area contributed by atoms with E-state index in [0.29, 0.717) is 5.89 Å². The Labute approximate surface area is 53.4 Å². The number of nitrogens with zero attached hydrogens (tertiary/aromatic N) is 2. The van der Waals surface area contributed by atoms with Crippen LogP contribution < -0.4 is 0 Å². The Hall–Kier alpha value is -1.12. The van der Waals surface area contributed by atoms with Crippen molar-refractivity contribution in [1.29, 1.82) is 0 Å². The molecule has 1 aromatic heterocycles. The number of aromatic nitrogens is 2. The predicted octanol–water partition coefficient (Wildman–Crippen LogP) is 1.31. The second-order valence-corrected chi connectivity index (χ2v) is 1.77. The lowest BCUT2D eigenvalue weighted by molar-refractivity contribution is 0.542. The van der Waals surface area contributed by atoms with E-state index in [0.717, 1.165) is 5.57 Å². The highest BCUT2D eigenvalue weighted by Crippen LogP contribution is 1.99. The fraction of sp³-hybridized carbons (Fsp3) is 0.167. The molecular weight excluding hydrogens is 116 g/mol. The second kappa shape index (κ2) is 2.44. The first-order valence-electron chi connectivity index (χ1n) is 2.55. The Morgan fingerprint density at radius 2 is 2.67 bits per heavy atom. The molecule has 0 bridgehead atoms. The number of rotatable bonds is 1. The van der Waals surface area contributed by atoms with Crippen molar-refractivity contribution >= 4 is 6.08 Å². The maximum atomic E-state index is 4.81. The zero-order valence-electron chi connectivity index (χ0n) is 5.16. The van der Waals surface area contributed by atoms with Gasteiger partial charge in [-0.1, -0.05) is 5.57 Å². The van der Waals surface area contributed by atoms with Gasteiger partial charge < -0.3 is 4.42 Å². The normalized spacial score (nSPS) is 12.0. The molecule has 0 N–H and O–H groups in total. The maximum Gasteiger partial charge on any atom is 0.240 e. The number of hydrogen-bond donors (Lipinski definition) is 0. The highest BCUT2D eigenvalue weighted by Gasteiger charge is 1.89. The van der Waals surface area contributed by atoms with E-state index in [1.54, 1.807) is 6.08 Å². The zero-order valence-corrected chi connectivity index (χ0v) is 5.16. The van der Waals surface area contributed by atoms with E-state index in [4.69, 9.17) is 4.42 Å². The minimum absolute atomic E-state index is 0.502. The van der Waals surface area contributed by atoms with Gasteiger partial charge >= 0.3 is 0 Å². The van der Waals surface area contributed by atoms with Crippen molar-refractivity contribution in [1.82, 2.24) is 10.2 Å². The van der Waals surface area contributed by atoms with E-state index in [9.17, 15) is 0 Å². The van der Waals surface area contributed by atoms with Crippen LogP contribution in [0.15, 0.2) is 16.4 Å². The Bertz CT molecular complexity index is 197. The van der Waals surface area contributed by atoms with E-state index >= 15 is 0 Å². The summed E-state index contributed by atoms with van der Waals surface area (Å²) >= 11 is 0. The van der Waals surface area contributed by atoms with Crippen LogP contribution in [0.5, 0.6) is 0 Å². The van der Waals surface area contributed by atoms with Gasteiger partial charge in [0.05, 0.1) is 0 Å². The number of allylic oxidation sites excluding steroid dienone is 1. The summed E-state index contributed by atoms with van der Waals surface area (Å²) in [7, 11) is 0. The van der Waals surface area contributed by atoms with Crippen LogP contribution in [0.3, 0.4) is 0 Å². The van der Waals surface area contributed by atoms with E-state index in [-0.39, 0.29) is 0 Å². The first-order chi connectivity index (χ1) is 4.29. The van der Waals surface area contributed by atoms with Crippen molar-refractivity contribution in [2.24, 2.45) is 0 Å².